The van der Waals surface area contributed by atoms with Crippen molar-refractivity contribution >= 4 is 5.97 Å². The van der Waals surface area contributed by atoms with E-state index < -0.39 is 88.5 Å². The number of hydrogen-bond acceptors (Lipinski definition) is 11. The van der Waals surface area contributed by atoms with Crippen LogP contribution in [0.2, 0.25) is 0 Å². The van der Waals surface area contributed by atoms with E-state index >= 15 is 0 Å². The largest absolute Gasteiger partial charge is 0.481 e. The molecule has 280 valence electrons. The van der Waals surface area contributed by atoms with Crippen LogP contribution in [0.3, 0.4) is 0 Å². The summed E-state index contributed by atoms with van der Waals surface area (Å²) in [5, 5.41) is 97.1. The van der Waals surface area contributed by atoms with Gasteiger partial charge in [-0.25, -0.2) is 0 Å². The first-order valence-electron chi connectivity index (χ1n) is 18.3. The summed E-state index contributed by atoms with van der Waals surface area (Å²) in [7, 11) is 0. The minimum Gasteiger partial charge on any atom is -0.481 e. The SMILES string of the molecule is CC1(CO)CCC2(C(=O)O)C(CO)CC3(C)C(=CCC4C5(C)CC(O)C(OC6OCC(O)C(O)C6O)C(C)(C(O)CO)C5CCC43C)C2C1. The van der Waals surface area contributed by atoms with Gasteiger partial charge in [0.2, 0.25) is 0 Å². The Labute approximate surface area is 289 Å². The van der Waals surface area contributed by atoms with Gasteiger partial charge in [-0.05, 0) is 96.7 Å². The van der Waals surface area contributed by atoms with Gasteiger partial charge in [-0.1, -0.05) is 46.3 Å². The van der Waals surface area contributed by atoms with Crippen molar-refractivity contribution in [2.24, 2.45) is 56.2 Å². The predicted molar refractivity (Wildman–Crippen MR) is 175 cm³/mol. The summed E-state index contributed by atoms with van der Waals surface area (Å²) in [6.45, 7) is 9.31. The number of fused-ring (bicyclic) bond motifs is 7. The van der Waals surface area contributed by atoms with E-state index in [-0.39, 0.29) is 49.4 Å². The van der Waals surface area contributed by atoms with Crippen LogP contribution in [0.5, 0.6) is 0 Å². The maximum absolute atomic E-state index is 13.3. The minimum atomic E-state index is -1.59. The molecule has 0 aromatic rings. The van der Waals surface area contributed by atoms with Gasteiger partial charge in [0, 0.05) is 18.6 Å². The van der Waals surface area contributed by atoms with Crippen LogP contribution in [0.1, 0.15) is 86.0 Å². The molecule has 12 nitrogen and oxygen atoms in total. The molecule has 4 saturated carbocycles. The summed E-state index contributed by atoms with van der Waals surface area (Å²) in [4.78, 5) is 13.3. The average molecular weight is 697 g/mol. The molecule has 6 rings (SSSR count). The van der Waals surface area contributed by atoms with E-state index in [4.69, 9.17) is 9.47 Å². The number of aliphatic hydroxyl groups is 8. The maximum atomic E-state index is 13.3. The minimum absolute atomic E-state index is 0.0219. The first kappa shape index (κ1) is 37.6. The predicted octanol–water partition coefficient (Wildman–Crippen LogP) is 1.19. The summed E-state index contributed by atoms with van der Waals surface area (Å²) in [5.74, 6) is -1.99. The molecule has 5 aliphatic carbocycles. The second-order valence-corrected chi connectivity index (χ2v) is 18.1. The van der Waals surface area contributed by atoms with Gasteiger partial charge in [-0.3, -0.25) is 4.79 Å². The Morgan fingerprint density at radius 2 is 1.63 bits per heavy atom. The summed E-state index contributed by atoms with van der Waals surface area (Å²) in [6.07, 6.45) is -2.87. The van der Waals surface area contributed by atoms with E-state index in [0.29, 0.717) is 44.9 Å². The molecule has 1 heterocycles. The standard InChI is InChI=1S/C37H60O12/c1-32(18-40)10-11-37(31(46)47)19(15-38)12-35(4)20(21(37)13-32)6-7-24-33(2)14-22(41)29(49-30-28(45)27(44)23(42)17-48-30)36(5,26(43)16-39)25(33)8-9-34(24,35)3/h6,19,21-30,38-45H,7-18H2,1-5H3,(H,46,47). The first-order chi connectivity index (χ1) is 22.8. The van der Waals surface area contributed by atoms with Crippen molar-refractivity contribution in [3.05, 3.63) is 11.6 Å². The molecular weight excluding hydrogens is 636 g/mol. The van der Waals surface area contributed by atoms with Crippen LogP contribution in [0.25, 0.3) is 0 Å². The zero-order valence-corrected chi connectivity index (χ0v) is 29.7. The van der Waals surface area contributed by atoms with E-state index in [1.54, 1.807) is 6.92 Å². The molecule has 0 radical (unpaired) electrons. The fourth-order valence-corrected chi connectivity index (χ4v) is 13.0. The number of carboxylic acid groups (broad SMARTS) is 1. The summed E-state index contributed by atoms with van der Waals surface area (Å²) >= 11 is 0. The highest BCUT2D eigenvalue weighted by molar-refractivity contribution is 5.77. The number of carboxylic acids is 1. The van der Waals surface area contributed by atoms with Crippen molar-refractivity contribution in [3.63, 3.8) is 0 Å². The summed E-state index contributed by atoms with van der Waals surface area (Å²) in [6, 6.07) is 0. The molecule has 5 fully saturated rings. The lowest BCUT2D eigenvalue weighted by molar-refractivity contribution is -0.336. The molecule has 0 amide bonds. The Morgan fingerprint density at radius 3 is 2.24 bits per heavy atom. The zero-order valence-electron chi connectivity index (χ0n) is 29.7. The molecule has 0 aromatic carbocycles. The number of ether oxygens (including phenoxy) is 2. The quantitative estimate of drug-likeness (QED) is 0.136. The van der Waals surface area contributed by atoms with E-state index in [1.165, 1.54) is 0 Å². The third-order valence-electron chi connectivity index (χ3n) is 16.0. The number of hydrogen-bond donors (Lipinski definition) is 9. The van der Waals surface area contributed by atoms with Crippen molar-refractivity contribution in [2.45, 2.75) is 129 Å². The Bertz CT molecular complexity index is 1310. The van der Waals surface area contributed by atoms with Crippen molar-refractivity contribution < 1.29 is 60.2 Å². The van der Waals surface area contributed by atoms with Gasteiger partial charge in [0.25, 0.3) is 0 Å². The lowest BCUT2D eigenvalue weighted by Gasteiger charge is -2.73. The molecule has 1 saturated heterocycles. The Hall–Kier alpha value is -1.19. The van der Waals surface area contributed by atoms with E-state index in [1.807, 2.05) is 6.92 Å². The monoisotopic (exact) mass is 696 g/mol. The van der Waals surface area contributed by atoms with Gasteiger partial charge < -0.3 is 55.4 Å². The maximum Gasteiger partial charge on any atom is 0.310 e. The van der Waals surface area contributed by atoms with E-state index in [0.717, 1.165) is 5.57 Å². The molecule has 0 spiro atoms. The van der Waals surface area contributed by atoms with Crippen molar-refractivity contribution in [1.29, 1.82) is 0 Å². The number of aliphatic carboxylic acids is 1. The van der Waals surface area contributed by atoms with Gasteiger partial charge in [0.1, 0.15) is 18.3 Å². The number of allylic oxidation sites excluding steroid dienone is 2. The first-order valence-corrected chi connectivity index (χ1v) is 18.3. The highest BCUT2D eigenvalue weighted by Gasteiger charge is 2.73. The molecule has 17 atom stereocenters. The molecule has 1 aliphatic heterocycles. The molecule has 0 bridgehead atoms. The average Bonchev–Trinajstić information content (AvgIpc) is 3.05. The van der Waals surface area contributed by atoms with Crippen LogP contribution in [0.4, 0.5) is 0 Å². The second kappa shape index (κ2) is 12.5. The fraction of sp³-hybridized carbons (Fsp3) is 0.919. The smallest absolute Gasteiger partial charge is 0.310 e. The molecule has 49 heavy (non-hydrogen) atoms. The van der Waals surface area contributed by atoms with Gasteiger partial charge in [0.05, 0.1) is 36.9 Å². The number of carbonyl (C=O) groups is 1. The highest BCUT2D eigenvalue weighted by atomic mass is 16.7. The van der Waals surface area contributed by atoms with Crippen molar-refractivity contribution in [1.82, 2.24) is 0 Å². The lowest BCUT2D eigenvalue weighted by atomic mass is 9.32. The van der Waals surface area contributed by atoms with Crippen LogP contribution < -0.4 is 0 Å². The van der Waals surface area contributed by atoms with Gasteiger partial charge in [-0.15, -0.1) is 0 Å². The Morgan fingerprint density at radius 1 is 0.939 bits per heavy atom. The third-order valence-corrected chi connectivity index (χ3v) is 16.0. The van der Waals surface area contributed by atoms with Gasteiger partial charge in [-0.2, -0.15) is 0 Å². The summed E-state index contributed by atoms with van der Waals surface area (Å²) < 4.78 is 11.8. The van der Waals surface area contributed by atoms with Crippen molar-refractivity contribution in [3.8, 4) is 0 Å². The van der Waals surface area contributed by atoms with Crippen LogP contribution in [0, 0.1) is 56.2 Å². The second-order valence-electron chi connectivity index (χ2n) is 18.1. The molecule has 17 unspecified atom stereocenters. The lowest BCUT2D eigenvalue weighted by Crippen LogP contribution is -2.71. The number of rotatable bonds is 7. The highest BCUT2D eigenvalue weighted by Crippen LogP contribution is 2.77. The molecule has 0 aromatic heterocycles. The fourth-order valence-electron chi connectivity index (χ4n) is 13.0. The topological polar surface area (TPSA) is 218 Å². The molecule has 9 N–H and O–H groups in total. The van der Waals surface area contributed by atoms with E-state index in [2.05, 4.69) is 26.8 Å². The van der Waals surface area contributed by atoms with Gasteiger partial charge in [0.15, 0.2) is 6.29 Å². The molecular formula is C37H60O12. The zero-order chi connectivity index (χ0) is 36.1. The molecule has 6 aliphatic rings. The Kier molecular flexibility index (Phi) is 9.55. The van der Waals surface area contributed by atoms with Crippen molar-refractivity contribution in [2.75, 3.05) is 26.4 Å². The van der Waals surface area contributed by atoms with Crippen LogP contribution in [-0.4, -0.2) is 121 Å². The van der Waals surface area contributed by atoms with E-state index in [9.17, 15) is 50.8 Å². The van der Waals surface area contributed by atoms with Crippen LogP contribution in [0.15, 0.2) is 11.6 Å². The van der Waals surface area contributed by atoms with Crippen LogP contribution in [-0.2, 0) is 14.3 Å². The van der Waals surface area contributed by atoms with Crippen LogP contribution >= 0.6 is 0 Å². The number of aliphatic hydroxyl groups excluding tert-OH is 8. The normalized spacial score (nSPS) is 54.8. The molecule has 12 heteroatoms. The third kappa shape index (κ3) is 5.02. The summed E-state index contributed by atoms with van der Waals surface area (Å²) in [5.41, 5.74) is -3.10. The van der Waals surface area contributed by atoms with Gasteiger partial charge >= 0.3 is 5.97 Å². The Balaban J connectivity index is 1.41.